The van der Waals surface area contributed by atoms with Crippen molar-refractivity contribution < 1.29 is 0 Å². The molecule has 3 heterocycles. The van der Waals surface area contributed by atoms with Crippen molar-refractivity contribution in [3.05, 3.63) is 56.5 Å². The van der Waals surface area contributed by atoms with Gasteiger partial charge in [0.2, 0.25) is 0 Å². The van der Waals surface area contributed by atoms with E-state index in [1.807, 2.05) is 28.8 Å². The first-order valence-electron chi connectivity index (χ1n) is 9.75. The van der Waals surface area contributed by atoms with Crippen molar-refractivity contribution >= 4 is 24.5 Å². The Morgan fingerprint density at radius 3 is 2.41 bits per heavy atom. The van der Waals surface area contributed by atoms with Crippen LogP contribution in [0.3, 0.4) is 0 Å². The number of likely N-dealkylation sites (N-methyl/N-ethyl adjacent to an activating group) is 1. The van der Waals surface area contributed by atoms with E-state index in [9.17, 15) is 9.59 Å². The summed E-state index contributed by atoms with van der Waals surface area (Å²) in [5.41, 5.74) is 1.83. The molecule has 0 saturated carbocycles. The SMILES string of the molecule is [B]c1cccc(Cn2c(CN3CCN(C)CC3)nc3c2c(=O)n(C)c(=O)n3C)c1. The number of benzene rings is 1. The Labute approximate surface area is 170 Å². The number of hydrogen-bond acceptors (Lipinski definition) is 5. The molecule has 0 amide bonds. The van der Waals surface area contributed by atoms with E-state index in [2.05, 4.69) is 16.8 Å². The van der Waals surface area contributed by atoms with Crippen molar-refractivity contribution in [2.24, 2.45) is 14.1 Å². The maximum absolute atomic E-state index is 13.0. The fourth-order valence-electron chi connectivity index (χ4n) is 3.86. The first-order valence-corrected chi connectivity index (χ1v) is 9.75. The minimum atomic E-state index is -0.373. The second-order valence-electron chi connectivity index (χ2n) is 7.82. The Morgan fingerprint density at radius 1 is 1.00 bits per heavy atom. The third-order valence-corrected chi connectivity index (χ3v) is 5.68. The Bertz CT molecular complexity index is 1170. The first-order chi connectivity index (χ1) is 13.8. The van der Waals surface area contributed by atoms with Gasteiger partial charge in [0.15, 0.2) is 11.2 Å². The molecule has 0 atom stereocenters. The Hall–Kier alpha value is -2.65. The molecule has 0 N–H and O–H groups in total. The number of rotatable bonds is 4. The van der Waals surface area contributed by atoms with Gasteiger partial charge >= 0.3 is 5.69 Å². The molecule has 0 aliphatic carbocycles. The molecule has 1 aromatic carbocycles. The molecule has 9 heteroatoms. The van der Waals surface area contributed by atoms with E-state index >= 15 is 0 Å². The highest BCUT2D eigenvalue weighted by molar-refractivity contribution is 6.32. The molecular weight excluding hydrogens is 367 g/mol. The van der Waals surface area contributed by atoms with E-state index in [1.165, 1.54) is 11.6 Å². The van der Waals surface area contributed by atoms with Crippen LogP contribution in [0.2, 0.25) is 0 Å². The molecule has 0 unspecified atom stereocenters. The molecule has 0 bridgehead atoms. The zero-order chi connectivity index (χ0) is 20.7. The summed E-state index contributed by atoms with van der Waals surface area (Å²) in [6, 6.07) is 7.62. The third kappa shape index (κ3) is 3.67. The van der Waals surface area contributed by atoms with Gasteiger partial charge in [0.05, 0.1) is 6.54 Å². The predicted molar refractivity (Wildman–Crippen MR) is 114 cm³/mol. The predicted octanol–water partition coefficient (Wildman–Crippen LogP) is -0.977. The van der Waals surface area contributed by atoms with Crippen LogP contribution in [0.5, 0.6) is 0 Å². The fraction of sp³-hybridized carbons (Fsp3) is 0.450. The van der Waals surface area contributed by atoms with Crippen LogP contribution in [-0.2, 0) is 27.2 Å². The van der Waals surface area contributed by atoms with E-state index in [0.29, 0.717) is 29.7 Å². The van der Waals surface area contributed by atoms with Crippen LogP contribution >= 0.6 is 0 Å². The van der Waals surface area contributed by atoms with Crippen molar-refractivity contribution in [1.82, 2.24) is 28.5 Å². The van der Waals surface area contributed by atoms with E-state index in [1.54, 1.807) is 7.05 Å². The van der Waals surface area contributed by atoms with Gasteiger partial charge in [0, 0.05) is 46.8 Å². The van der Waals surface area contributed by atoms with E-state index in [-0.39, 0.29) is 11.2 Å². The largest absolute Gasteiger partial charge is 0.332 e. The van der Waals surface area contributed by atoms with Gasteiger partial charge in [0.1, 0.15) is 13.7 Å². The molecule has 2 radical (unpaired) electrons. The maximum Gasteiger partial charge on any atom is 0.332 e. The molecule has 1 aliphatic rings. The summed E-state index contributed by atoms with van der Waals surface area (Å²) < 4.78 is 4.52. The summed E-state index contributed by atoms with van der Waals surface area (Å²) in [5.74, 6) is 0.783. The van der Waals surface area contributed by atoms with Crippen LogP contribution in [0.15, 0.2) is 33.9 Å². The van der Waals surface area contributed by atoms with Crippen molar-refractivity contribution in [1.29, 1.82) is 0 Å². The molecule has 4 rings (SSSR count). The zero-order valence-corrected chi connectivity index (χ0v) is 17.1. The summed E-state index contributed by atoms with van der Waals surface area (Å²) in [6.07, 6.45) is 0. The average Bonchev–Trinajstić information content (AvgIpc) is 3.04. The molecule has 3 aromatic rings. The lowest BCUT2D eigenvalue weighted by molar-refractivity contribution is 0.144. The summed E-state index contributed by atoms with van der Waals surface area (Å²) in [7, 11) is 11.2. The number of imidazole rings is 1. The number of nitrogens with zero attached hydrogens (tertiary/aromatic N) is 6. The van der Waals surface area contributed by atoms with Crippen LogP contribution in [0, 0.1) is 0 Å². The lowest BCUT2D eigenvalue weighted by Crippen LogP contribution is -2.44. The molecular formula is C20H25BN6O2. The monoisotopic (exact) mass is 392 g/mol. The third-order valence-electron chi connectivity index (χ3n) is 5.68. The van der Waals surface area contributed by atoms with Crippen LogP contribution < -0.4 is 16.7 Å². The van der Waals surface area contributed by atoms with Crippen molar-refractivity contribution in [3.8, 4) is 0 Å². The summed E-state index contributed by atoms with van der Waals surface area (Å²) in [5, 5.41) is 0. The molecule has 1 aliphatic heterocycles. The van der Waals surface area contributed by atoms with Crippen LogP contribution in [0.1, 0.15) is 11.4 Å². The van der Waals surface area contributed by atoms with Crippen molar-refractivity contribution in [3.63, 3.8) is 0 Å². The molecule has 29 heavy (non-hydrogen) atoms. The second kappa shape index (κ2) is 7.64. The van der Waals surface area contributed by atoms with Gasteiger partial charge in [0.25, 0.3) is 5.56 Å². The van der Waals surface area contributed by atoms with Crippen molar-refractivity contribution in [2.45, 2.75) is 13.1 Å². The molecule has 1 saturated heterocycles. The fourth-order valence-corrected chi connectivity index (χ4v) is 3.86. The first kappa shape index (κ1) is 19.7. The Morgan fingerprint density at radius 2 is 1.72 bits per heavy atom. The van der Waals surface area contributed by atoms with E-state index in [4.69, 9.17) is 12.8 Å². The van der Waals surface area contributed by atoms with Crippen LogP contribution in [0.25, 0.3) is 11.2 Å². The minimum absolute atomic E-state index is 0.330. The summed E-state index contributed by atoms with van der Waals surface area (Å²) >= 11 is 0. The van der Waals surface area contributed by atoms with Crippen molar-refractivity contribution in [2.75, 3.05) is 33.2 Å². The van der Waals surface area contributed by atoms with Crippen LogP contribution in [0.4, 0.5) is 0 Å². The van der Waals surface area contributed by atoms with Crippen LogP contribution in [-0.4, -0.2) is 69.6 Å². The highest BCUT2D eigenvalue weighted by Gasteiger charge is 2.22. The van der Waals surface area contributed by atoms with E-state index < -0.39 is 0 Å². The number of aryl methyl sites for hydroxylation is 1. The lowest BCUT2D eigenvalue weighted by atomic mass is 9.94. The van der Waals surface area contributed by atoms with Gasteiger partial charge in [-0.2, -0.15) is 0 Å². The molecule has 2 aromatic heterocycles. The number of piperazine rings is 1. The highest BCUT2D eigenvalue weighted by atomic mass is 16.2. The van der Waals surface area contributed by atoms with Gasteiger partial charge in [-0.1, -0.05) is 29.7 Å². The molecule has 8 nitrogen and oxygen atoms in total. The smallest absolute Gasteiger partial charge is 0.317 e. The van der Waals surface area contributed by atoms with E-state index in [0.717, 1.165) is 42.1 Å². The second-order valence-corrected chi connectivity index (χ2v) is 7.82. The number of fused-ring (bicyclic) bond motifs is 1. The Kier molecular flexibility index (Phi) is 5.18. The quantitative estimate of drug-likeness (QED) is 0.535. The Balaban J connectivity index is 1.84. The average molecular weight is 392 g/mol. The zero-order valence-electron chi connectivity index (χ0n) is 17.1. The highest BCUT2D eigenvalue weighted by Crippen LogP contribution is 2.16. The molecule has 1 fully saturated rings. The number of hydrogen-bond donors (Lipinski definition) is 0. The molecule has 0 spiro atoms. The topological polar surface area (TPSA) is 68.3 Å². The normalized spacial score (nSPS) is 16.0. The summed E-state index contributed by atoms with van der Waals surface area (Å²) in [4.78, 5) is 34.7. The van der Waals surface area contributed by atoms with Gasteiger partial charge in [-0.05, 0) is 12.6 Å². The molecule has 150 valence electrons. The maximum atomic E-state index is 13.0. The lowest BCUT2D eigenvalue weighted by Gasteiger charge is -2.32. The number of aromatic nitrogens is 4. The standard InChI is InChI=1S/C20H25BN6O2/c1-23-7-9-26(10-8-23)13-16-22-18-17(19(28)25(3)20(29)24(18)2)27(16)12-14-5-4-6-15(21)11-14/h4-6,11H,7-10,12-13H2,1-3H3. The van der Waals surface area contributed by atoms with Gasteiger partial charge in [-0.3, -0.25) is 18.8 Å². The van der Waals surface area contributed by atoms with Gasteiger partial charge in [-0.25, -0.2) is 9.78 Å². The minimum Gasteiger partial charge on any atom is -0.317 e. The van der Waals surface area contributed by atoms with Gasteiger partial charge < -0.3 is 9.47 Å². The summed E-state index contributed by atoms with van der Waals surface area (Å²) in [6.45, 7) is 4.97. The van der Waals surface area contributed by atoms with Gasteiger partial charge in [-0.15, -0.1) is 0 Å².